The van der Waals surface area contributed by atoms with Crippen LogP contribution in [-0.4, -0.2) is 11.5 Å². The van der Waals surface area contributed by atoms with Crippen molar-refractivity contribution in [2.24, 2.45) is 5.84 Å². The smallest absolute Gasteiger partial charge is 0.128 e. The molecule has 0 aliphatic heterocycles. The van der Waals surface area contributed by atoms with Crippen LogP contribution in [-0.2, 0) is 0 Å². The molecule has 1 rings (SSSR count). The van der Waals surface area contributed by atoms with Gasteiger partial charge in [0.05, 0.1) is 6.04 Å². The Morgan fingerprint density at radius 3 is 2.80 bits per heavy atom. The predicted octanol–water partition coefficient (Wildman–Crippen LogP) is 2.47. The van der Waals surface area contributed by atoms with E-state index in [1.165, 1.54) is 6.07 Å². The molecule has 0 bridgehead atoms. The number of hydrogen-bond donors (Lipinski definition) is 2. The van der Waals surface area contributed by atoms with Gasteiger partial charge in [-0.2, -0.15) is 11.8 Å². The Bertz CT molecular complexity index is 294. The number of hydrogen-bond acceptors (Lipinski definition) is 3. The zero-order valence-electron chi connectivity index (χ0n) is 8.87. The van der Waals surface area contributed by atoms with Crippen LogP contribution in [0.3, 0.4) is 0 Å². The van der Waals surface area contributed by atoms with E-state index in [1.807, 2.05) is 6.07 Å². The minimum Gasteiger partial charge on any atom is -0.271 e. The molecule has 0 saturated heterocycles. The van der Waals surface area contributed by atoms with Crippen molar-refractivity contribution in [3.63, 3.8) is 0 Å². The first-order valence-electron chi connectivity index (χ1n) is 5.08. The largest absolute Gasteiger partial charge is 0.271 e. The zero-order valence-corrected chi connectivity index (χ0v) is 9.69. The van der Waals surface area contributed by atoms with Crippen LogP contribution >= 0.6 is 11.8 Å². The monoisotopic (exact) mass is 228 g/mol. The maximum atomic E-state index is 13.4. The Morgan fingerprint density at radius 2 is 2.20 bits per heavy atom. The number of thioether (sulfide) groups is 1. The lowest BCUT2D eigenvalue weighted by Crippen LogP contribution is -2.30. The van der Waals surface area contributed by atoms with Gasteiger partial charge in [-0.25, -0.2) is 4.39 Å². The average Bonchev–Trinajstić information content (AvgIpc) is 2.26. The minimum atomic E-state index is -0.197. The Kier molecular flexibility index (Phi) is 5.68. The molecule has 1 unspecified atom stereocenters. The van der Waals surface area contributed by atoms with Crippen LogP contribution < -0.4 is 11.3 Å². The summed E-state index contributed by atoms with van der Waals surface area (Å²) in [5, 5.41) is 0. The minimum absolute atomic E-state index is 0.109. The normalized spacial score (nSPS) is 12.7. The lowest BCUT2D eigenvalue weighted by Gasteiger charge is -2.16. The summed E-state index contributed by atoms with van der Waals surface area (Å²) in [5.41, 5.74) is 3.30. The highest BCUT2D eigenvalue weighted by molar-refractivity contribution is 7.99. The fourth-order valence-electron chi connectivity index (χ4n) is 1.33. The zero-order chi connectivity index (χ0) is 11.1. The summed E-state index contributed by atoms with van der Waals surface area (Å²) in [6.07, 6.45) is 1.12. The number of nitrogens with one attached hydrogen (secondary N) is 1. The highest BCUT2D eigenvalue weighted by Gasteiger charge is 2.13. The van der Waals surface area contributed by atoms with E-state index in [2.05, 4.69) is 12.3 Å². The third kappa shape index (κ3) is 3.81. The highest BCUT2D eigenvalue weighted by Crippen LogP contribution is 2.20. The Morgan fingerprint density at radius 1 is 1.47 bits per heavy atom. The van der Waals surface area contributed by atoms with Crippen LogP contribution in [0.1, 0.15) is 24.9 Å². The van der Waals surface area contributed by atoms with Gasteiger partial charge in [-0.1, -0.05) is 25.1 Å². The molecule has 0 spiro atoms. The standard InChI is InChI=1S/C11H17FN2S/c1-2-7-15-8-11(14-13)9-5-3-4-6-10(9)12/h3-6,11,14H,2,7-8,13H2,1H3. The van der Waals surface area contributed by atoms with Crippen molar-refractivity contribution in [2.45, 2.75) is 19.4 Å². The van der Waals surface area contributed by atoms with Gasteiger partial charge in [0.15, 0.2) is 0 Å². The second-order valence-corrected chi connectivity index (χ2v) is 4.47. The summed E-state index contributed by atoms with van der Waals surface area (Å²) in [7, 11) is 0. The van der Waals surface area contributed by atoms with E-state index in [9.17, 15) is 4.39 Å². The van der Waals surface area contributed by atoms with E-state index in [1.54, 1.807) is 23.9 Å². The van der Waals surface area contributed by atoms with Crippen molar-refractivity contribution in [3.05, 3.63) is 35.6 Å². The molecule has 1 atom stereocenters. The molecular weight excluding hydrogens is 211 g/mol. The molecule has 4 heteroatoms. The number of rotatable bonds is 6. The Hall–Kier alpha value is -0.580. The molecule has 0 amide bonds. The van der Waals surface area contributed by atoms with Gasteiger partial charge in [0.25, 0.3) is 0 Å². The van der Waals surface area contributed by atoms with E-state index in [0.29, 0.717) is 5.56 Å². The Balaban J connectivity index is 2.61. The van der Waals surface area contributed by atoms with E-state index in [4.69, 9.17) is 5.84 Å². The lowest BCUT2D eigenvalue weighted by atomic mass is 10.1. The SMILES string of the molecule is CCCSCC(NN)c1ccccc1F. The van der Waals surface area contributed by atoms with Crippen LogP contribution in [0.5, 0.6) is 0 Å². The van der Waals surface area contributed by atoms with Crippen LogP contribution in [0, 0.1) is 5.82 Å². The molecule has 0 radical (unpaired) electrons. The van der Waals surface area contributed by atoms with Crippen molar-refractivity contribution in [1.82, 2.24) is 5.43 Å². The number of nitrogens with two attached hydrogens (primary N) is 1. The lowest BCUT2D eigenvalue weighted by molar-refractivity contribution is 0.546. The van der Waals surface area contributed by atoms with Gasteiger partial charge < -0.3 is 0 Å². The Labute approximate surface area is 94.4 Å². The van der Waals surface area contributed by atoms with Crippen molar-refractivity contribution in [1.29, 1.82) is 0 Å². The summed E-state index contributed by atoms with van der Waals surface area (Å²) in [5.74, 6) is 7.10. The summed E-state index contributed by atoms with van der Waals surface area (Å²) in [6, 6.07) is 6.64. The molecule has 1 aromatic carbocycles. The van der Waals surface area contributed by atoms with Gasteiger partial charge >= 0.3 is 0 Å². The van der Waals surface area contributed by atoms with Crippen LogP contribution in [0.25, 0.3) is 0 Å². The summed E-state index contributed by atoms with van der Waals surface area (Å²) in [6.45, 7) is 2.13. The fraction of sp³-hybridized carbons (Fsp3) is 0.455. The topological polar surface area (TPSA) is 38.0 Å². The molecule has 0 aromatic heterocycles. The first-order valence-corrected chi connectivity index (χ1v) is 6.23. The number of benzene rings is 1. The van der Waals surface area contributed by atoms with Crippen molar-refractivity contribution in [3.8, 4) is 0 Å². The molecule has 0 fully saturated rings. The van der Waals surface area contributed by atoms with E-state index in [-0.39, 0.29) is 11.9 Å². The third-order valence-electron chi connectivity index (χ3n) is 2.11. The molecule has 3 N–H and O–H groups in total. The van der Waals surface area contributed by atoms with Crippen molar-refractivity contribution < 1.29 is 4.39 Å². The fourth-order valence-corrected chi connectivity index (χ4v) is 2.30. The van der Waals surface area contributed by atoms with Gasteiger partial charge in [0.1, 0.15) is 5.82 Å². The summed E-state index contributed by atoms with van der Waals surface area (Å²) in [4.78, 5) is 0. The number of hydrazine groups is 1. The quantitative estimate of drug-likeness (QED) is 0.446. The number of halogens is 1. The second-order valence-electron chi connectivity index (χ2n) is 3.32. The molecule has 0 aliphatic rings. The van der Waals surface area contributed by atoms with Crippen LogP contribution in [0.4, 0.5) is 4.39 Å². The van der Waals surface area contributed by atoms with E-state index < -0.39 is 0 Å². The van der Waals surface area contributed by atoms with E-state index in [0.717, 1.165) is 17.9 Å². The van der Waals surface area contributed by atoms with Gasteiger partial charge in [-0.15, -0.1) is 0 Å². The molecular formula is C11H17FN2S. The first-order chi connectivity index (χ1) is 7.29. The van der Waals surface area contributed by atoms with Crippen molar-refractivity contribution >= 4 is 11.8 Å². The highest BCUT2D eigenvalue weighted by atomic mass is 32.2. The summed E-state index contributed by atoms with van der Waals surface area (Å²) >= 11 is 1.78. The average molecular weight is 228 g/mol. The van der Waals surface area contributed by atoms with Gasteiger partial charge in [-0.05, 0) is 18.2 Å². The molecule has 84 valence electrons. The summed E-state index contributed by atoms with van der Waals surface area (Å²) < 4.78 is 13.4. The van der Waals surface area contributed by atoms with Crippen molar-refractivity contribution in [2.75, 3.05) is 11.5 Å². The van der Waals surface area contributed by atoms with Gasteiger partial charge in [0, 0.05) is 11.3 Å². The van der Waals surface area contributed by atoms with Crippen LogP contribution in [0.2, 0.25) is 0 Å². The van der Waals surface area contributed by atoms with Gasteiger partial charge in [0.2, 0.25) is 0 Å². The maximum Gasteiger partial charge on any atom is 0.128 e. The molecule has 15 heavy (non-hydrogen) atoms. The molecule has 0 aliphatic carbocycles. The first kappa shape index (κ1) is 12.5. The molecule has 0 heterocycles. The molecule has 0 saturated carbocycles. The molecule has 1 aromatic rings. The second kappa shape index (κ2) is 6.82. The third-order valence-corrected chi connectivity index (χ3v) is 3.38. The molecule has 2 nitrogen and oxygen atoms in total. The van der Waals surface area contributed by atoms with Crippen LogP contribution in [0.15, 0.2) is 24.3 Å². The maximum absolute atomic E-state index is 13.4. The van der Waals surface area contributed by atoms with E-state index >= 15 is 0 Å². The van der Waals surface area contributed by atoms with Gasteiger partial charge in [-0.3, -0.25) is 11.3 Å². The predicted molar refractivity (Wildman–Crippen MR) is 64.1 cm³/mol.